The fraction of sp³-hybridized carbons (Fsp3) is 0.133. The van der Waals surface area contributed by atoms with E-state index in [9.17, 15) is 0 Å². The second-order valence-electron chi connectivity index (χ2n) is 4.38. The number of rotatable bonds is 4. The van der Waals surface area contributed by atoms with Gasteiger partial charge in [-0.2, -0.15) is 4.68 Å². The van der Waals surface area contributed by atoms with Crippen molar-refractivity contribution >= 4 is 5.82 Å². The fourth-order valence-electron chi connectivity index (χ4n) is 2.02. The van der Waals surface area contributed by atoms with Crippen LogP contribution >= 0.6 is 0 Å². The molecule has 0 unspecified atom stereocenters. The Hall–Kier alpha value is -2.89. The van der Waals surface area contributed by atoms with Crippen LogP contribution in [0, 0.1) is 0 Å². The smallest absolute Gasteiger partial charge is 0.157 e. The monoisotopic (exact) mass is 281 g/mol. The summed E-state index contributed by atoms with van der Waals surface area (Å²) in [6.45, 7) is 2.58. The minimum absolute atomic E-state index is 0.456. The summed E-state index contributed by atoms with van der Waals surface area (Å²) in [5.41, 5.74) is 8.23. The van der Waals surface area contributed by atoms with Crippen LogP contribution in [0.5, 0.6) is 5.75 Å². The predicted molar refractivity (Wildman–Crippen MR) is 80.2 cm³/mol. The molecule has 0 saturated heterocycles. The number of pyridine rings is 1. The third kappa shape index (κ3) is 2.55. The minimum atomic E-state index is 0.456. The van der Waals surface area contributed by atoms with E-state index in [1.165, 1.54) is 0 Å². The first-order valence-electron chi connectivity index (χ1n) is 6.65. The van der Waals surface area contributed by atoms with Crippen molar-refractivity contribution in [2.24, 2.45) is 0 Å². The Morgan fingerprint density at radius 1 is 1.14 bits per heavy atom. The molecule has 0 bridgehead atoms. The predicted octanol–water partition coefficient (Wildman–Crippen LogP) is 2.31. The van der Waals surface area contributed by atoms with E-state index in [0.717, 1.165) is 11.4 Å². The molecule has 0 aliphatic rings. The average Bonchev–Trinajstić information content (AvgIpc) is 2.91. The quantitative estimate of drug-likeness (QED) is 0.794. The van der Waals surface area contributed by atoms with E-state index in [2.05, 4.69) is 15.3 Å². The molecule has 0 fully saturated rings. The molecule has 0 amide bonds. The van der Waals surface area contributed by atoms with Crippen LogP contribution in [0.2, 0.25) is 0 Å². The molecule has 2 N–H and O–H groups in total. The highest BCUT2D eigenvalue weighted by molar-refractivity contribution is 5.67. The van der Waals surface area contributed by atoms with Crippen LogP contribution in [0.1, 0.15) is 6.92 Å². The maximum absolute atomic E-state index is 6.13. The third-order valence-corrected chi connectivity index (χ3v) is 3.00. The van der Waals surface area contributed by atoms with Crippen molar-refractivity contribution < 1.29 is 4.74 Å². The van der Waals surface area contributed by atoms with E-state index in [1.54, 1.807) is 10.9 Å². The molecule has 0 aliphatic carbocycles. The normalized spacial score (nSPS) is 10.5. The van der Waals surface area contributed by atoms with Gasteiger partial charge in [0.2, 0.25) is 0 Å². The van der Waals surface area contributed by atoms with Crippen molar-refractivity contribution in [2.45, 2.75) is 6.92 Å². The first-order chi connectivity index (χ1) is 10.3. The van der Waals surface area contributed by atoms with E-state index in [1.807, 2.05) is 49.4 Å². The van der Waals surface area contributed by atoms with E-state index >= 15 is 0 Å². The molecule has 3 rings (SSSR count). The highest BCUT2D eigenvalue weighted by Crippen LogP contribution is 2.24. The third-order valence-electron chi connectivity index (χ3n) is 3.00. The first-order valence-corrected chi connectivity index (χ1v) is 6.65. The van der Waals surface area contributed by atoms with E-state index < -0.39 is 0 Å². The van der Waals surface area contributed by atoms with Crippen molar-refractivity contribution in [1.29, 1.82) is 0 Å². The molecule has 1 aromatic carbocycles. The van der Waals surface area contributed by atoms with Gasteiger partial charge in [0.25, 0.3) is 0 Å². The number of hydrogen-bond donors (Lipinski definition) is 1. The lowest BCUT2D eigenvalue weighted by Gasteiger charge is -2.06. The summed E-state index contributed by atoms with van der Waals surface area (Å²) in [6.07, 6.45) is 1.70. The van der Waals surface area contributed by atoms with Crippen molar-refractivity contribution in [3.05, 3.63) is 48.7 Å². The highest BCUT2D eigenvalue weighted by Gasteiger charge is 2.13. The Morgan fingerprint density at radius 2 is 1.95 bits per heavy atom. The fourth-order valence-corrected chi connectivity index (χ4v) is 2.02. The standard InChI is InChI=1S/C15H15N5O/c1-2-21-12-8-6-11(7-9-12)20-15(16)14(18-19-20)13-5-3-4-10-17-13/h3-10H,2,16H2,1H3. The zero-order valence-corrected chi connectivity index (χ0v) is 11.6. The average molecular weight is 281 g/mol. The first kappa shape index (κ1) is 13.1. The number of benzene rings is 1. The number of anilines is 1. The molecule has 106 valence electrons. The largest absolute Gasteiger partial charge is 0.494 e. The molecule has 3 aromatic rings. The molecule has 0 atom stereocenters. The lowest BCUT2D eigenvalue weighted by Crippen LogP contribution is -2.02. The van der Waals surface area contributed by atoms with Crippen molar-refractivity contribution in [1.82, 2.24) is 20.0 Å². The molecule has 0 radical (unpaired) electrons. The van der Waals surface area contributed by atoms with Crippen LogP contribution in [-0.2, 0) is 0 Å². The summed E-state index contributed by atoms with van der Waals surface area (Å²) < 4.78 is 7.00. The Kier molecular flexibility index (Phi) is 3.51. The van der Waals surface area contributed by atoms with Crippen LogP contribution in [0.3, 0.4) is 0 Å². The summed E-state index contributed by atoms with van der Waals surface area (Å²) in [7, 11) is 0. The zero-order valence-electron chi connectivity index (χ0n) is 11.6. The summed E-state index contributed by atoms with van der Waals surface area (Å²) in [4.78, 5) is 4.24. The molecule has 2 aromatic heterocycles. The van der Waals surface area contributed by atoms with Crippen molar-refractivity contribution in [3.63, 3.8) is 0 Å². The van der Waals surface area contributed by atoms with E-state index in [4.69, 9.17) is 10.5 Å². The number of aromatic nitrogens is 4. The van der Waals surface area contributed by atoms with Gasteiger partial charge in [0.15, 0.2) is 11.5 Å². The molecular formula is C15H15N5O. The number of nitrogens with zero attached hydrogens (tertiary/aromatic N) is 4. The van der Waals surface area contributed by atoms with Gasteiger partial charge >= 0.3 is 0 Å². The Labute approximate surface area is 122 Å². The zero-order chi connectivity index (χ0) is 14.7. The van der Waals surface area contributed by atoms with Crippen molar-refractivity contribution in [2.75, 3.05) is 12.3 Å². The van der Waals surface area contributed by atoms with Crippen LogP contribution in [0.4, 0.5) is 5.82 Å². The Bertz CT molecular complexity index is 722. The van der Waals surface area contributed by atoms with Gasteiger partial charge in [-0.3, -0.25) is 4.98 Å². The molecule has 6 nitrogen and oxygen atoms in total. The van der Waals surface area contributed by atoms with Gasteiger partial charge in [-0.1, -0.05) is 11.3 Å². The second kappa shape index (κ2) is 5.62. The topological polar surface area (TPSA) is 78.8 Å². The summed E-state index contributed by atoms with van der Waals surface area (Å²) >= 11 is 0. The maximum Gasteiger partial charge on any atom is 0.157 e. The number of nitrogen functional groups attached to an aromatic ring is 1. The number of hydrogen-bond acceptors (Lipinski definition) is 5. The summed E-state index contributed by atoms with van der Waals surface area (Å²) in [5.74, 6) is 1.27. The summed E-state index contributed by atoms with van der Waals surface area (Å²) in [6, 6.07) is 13.1. The van der Waals surface area contributed by atoms with Crippen molar-refractivity contribution in [3.8, 4) is 22.8 Å². The van der Waals surface area contributed by atoms with E-state index in [0.29, 0.717) is 23.8 Å². The summed E-state index contributed by atoms with van der Waals surface area (Å²) in [5, 5.41) is 8.21. The van der Waals surface area contributed by atoms with Crippen LogP contribution < -0.4 is 10.5 Å². The second-order valence-corrected chi connectivity index (χ2v) is 4.38. The van der Waals surface area contributed by atoms with E-state index in [-0.39, 0.29) is 0 Å². The van der Waals surface area contributed by atoms with Gasteiger partial charge in [0, 0.05) is 6.20 Å². The van der Waals surface area contributed by atoms with Gasteiger partial charge in [0.05, 0.1) is 18.0 Å². The molecule has 0 aliphatic heterocycles. The van der Waals surface area contributed by atoms with Gasteiger partial charge in [-0.25, -0.2) is 0 Å². The van der Waals surface area contributed by atoms with Crippen LogP contribution in [-0.4, -0.2) is 26.6 Å². The molecule has 6 heteroatoms. The molecular weight excluding hydrogens is 266 g/mol. The van der Waals surface area contributed by atoms with Gasteiger partial charge in [0.1, 0.15) is 5.75 Å². The lowest BCUT2D eigenvalue weighted by molar-refractivity contribution is 0.340. The molecule has 2 heterocycles. The number of ether oxygens (including phenoxy) is 1. The maximum atomic E-state index is 6.13. The van der Waals surface area contributed by atoms with Gasteiger partial charge in [-0.15, -0.1) is 5.10 Å². The Balaban J connectivity index is 1.95. The highest BCUT2D eigenvalue weighted by atomic mass is 16.5. The van der Waals surface area contributed by atoms with Crippen LogP contribution in [0.25, 0.3) is 17.1 Å². The Morgan fingerprint density at radius 3 is 2.62 bits per heavy atom. The lowest BCUT2D eigenvalue weighted by atomic mass is 10.2. The van der Waals surface area contributed by atoms with Gasteiger partial charge in [-0.05, 0) is 43.3 Å². The molecule has 0 spiro atoms. The number of nitrogens with two attached hydrogens (primary N) is 1. The van der Waals surface area contributed by atoms with Gasteiger partial charge < -0.3 is 10.5 Å². The van der Waals surface area contributed by atoms with Crippen LogP contribution in [0.15, 0.2) is 48.7 Å². The molecule has 0 saturated carbocycles. The molecule has 21 heavy (non-hydrogen) atoms. The SMILES string of the molecule is CCOc1ccc(-n2nnc(-c3ccccn3)c2N)cc1. The minimum Gasteiger partial charge on any atom is -0.494 e.